The second-order valence-electron chi connectivity index (χ2n) is 4.82. The van der Waals surface area contributed by atoms with Crippen molar-refractivity contribution < 1.29 is 13.2 Å². The summed E-state index contributed by atoms with van der Waals surface area (Å²) >= 11 is 0. The van der Waals surface area contributed by atoms with E-state index in [2.05, 4.69) is 6.58 Å². The number of nitrogens with zero attached hydrogens (tertiary/aromatic N) is 1. The minimum absolute atomic E-state index is 0.0923. The molecule has 1 aromatic carbocycles. The van der Waals surface area contributed by atoms with Crippen molar-refractivity contribution in [2.24, 2.45) is 0 Å². The zero-order valence-electron chi connectivity index (χ0n) is 10.9. The molecule has 1 aliphatic rings. The van der Waals surface area contributed by atoms with Gasteiger partial charge in [-0.2, -0.15) is 0 Å². The fraction of sp³-hybridized carbons (Fsp3) is 0.357. The van der Waals surface area contributed by atoms with E-state index in [1.165, 1.54) is 12.1 Å². The van der Waals surface area contributed by atoms with Crippen LogP contribution in [0.15, 0.2) is 41.3 Å². The smallest absolute Gasteiger partial charge is 0.266 e. The van der Waals surface area contributed by atoms with E-state index >= 15 is 0 Å². The van der Waals surface area contributed by atoms with Gasteiger partial charge in [-0.3, -0.25) is 4.79 Å². The molecule has 1 aliphatic heterocycles. The molecule has 1 amide bonds. The summed E-state index contributed by atoms with van der Waals surface area (Å²) in [6.07, 6.45) is 1.62. The summed E-state index contributed by atoms with van der Waals surface area (Å²) in [6, 6.07) is 6.52. The highest BCUT2D eigenvalue weighted by Crippen LogP contribution is 2.23. The van der Waals surface area contributed by atoms with Crippen LogP contribution in [0.2, 0.25) is 0 Å². The molecule has 102 valence electrons. The summed E-state index contributed by atoms with van der Waals surface area (Å²) in [7, 11) is -3.76. The van der Waals surface area contributed by atoms with Crippen LogP contribution in [0.25, 0.3) is 0 Å². The molecular weight excluding hydrogens is 262 g/mol. The summed E-state index contributed by atoms with van der Waals surface area (Å²) in [4.78, 5) is 12.1. The molecule has 1 heterocycles. The van der Waals surface area contributed by atoms with Crippen molar-refractivity contribution in [2.45, 2.75) is 31.1 Å². The fourth-order valence-electron chi connectivity index (χ4n) is 2.04. The summed E-state index contributed by atoms with van der Waals surface area (Å²) in [5, 5.41) is 0. The standard InChI is InChI=1S/C14H17NO3S/c1-11-6-8-13(9-7-11)19(17,18)15-10-12(2)4-3-5-14(15)16/h6-9H,2-5,10H2,1H3. The van der Waals surface area contributed by atoms with Crippen molar-refractivity contribution in [3.8, 4) is 0 Å². The van der Waals surface area contributed by atoms with E-state index < -0.39 is 10.0 Å². The van der Waals surface area contributed by atoms with E-state index in [1.807, 2.05) is 6.92 Å². The van der Waals surface area contributed by atoms with Crippen LogP contribution in [0.3, 0.4) is 0 Å². The highest BCUT2D eigenvalue weighted by molar-refractivity contribution is 7.89. The number of aryl methyl sites for hydroxylation is 1. The van der Waals surface area contributed by atoms with Crippen LogP contribution < -0.4 is 0 Å². The average molecular weight is 279 g/mol. The van der Waals surface area contributed by atoms with Gasteiger partial charge >= 0.3 is 0 Å². The first-order chi connectivity index (χ1) is 8.91. The van der Waals surface area contributed by atoms with Gasteiger partial charge < -0.3 is 0 Å². The molecular formula is C14H17NO3S. The van der Waals surface area contributed by atoms with Crippen molar-refractivity contribution in [2.75, 3.05) is 6.54 Å². The SMILES string of the molecule is C=C1CCCC(=O)N(S(=O)(=O)c2ccc(C)cc2)C1. The lowest BCUT2D eigenvalue weighted by Crippen LogP contribution is -2.36. The third-order valence-electron chi connectivity index (χ3n) is 3.18. The Morgan fingerprint density at radius 2 is 1.79 bits per heavy atom. The number of carbonyl (C=O) groups is 1. The molecule has 0 spiro atoms. The normalized spacial score (nSPS) is 17.4. The highest BCUT2D eigenvalue weighted by atomic mass is 32.2. The van der Waals surface area contributed by atoms with Crippen molar-refractivity contribution in [1.82, 2.24) is 4.31 Å². The van der Waals surface area contributed by atoms with Gasteiger partial charge in [0.1, 0.15) is 0 Å². The third-order valence-corrected chi connectivity index (χ3v) is 4.96. The first kappa shape index (κ1) is 13.8. The molecule has 0 saturated carbocycles. The van der Waals surface area contributed by atoms with Crippen molar-refractivity contribution >= 4 is 15.9 Å². The summed E-state index contributed by atoms with van der Waals surface area (Å²) < 4.78 is 25.9. The first-order valence-corrected chi connectivity index (χ1v) is 7.64. The second-order valence-corrected chi connectivity index (χ2v) is 6.68. The maximum atomic E-state index is 12.5. The van der Waals surface area contributed by atoms with Gasteiger partial charge in [0.15, 0.2) is 0 Å². The van der Waals surface area contributed by atoms with Crippen LogP contribution in [0.1, 0.15) is 24.8 Å². The molecule has 4 nitrogen and oxygen atoms in total. The van der Waals surface area contributed by atoms with Gasteiger partial charge in [0.25, 0.3) is 10.0 Å². The molecule has 0 bridgehead atoms. The largest absolute Gasteiger partial charge is 0.274 e. The van der Waals surface area contributed by atoms with Crippen LogP contribution >= 0.6 is 0 Å². The zero-order chi connectivity index (χ0) is 14.0. The van der Waals surface area contributed by atoms with Crippen molar-refractivity contribution in [3.63, 3.8) is 0 Å². The molecule has 1 fully saturated rings. The lowest BCUT2D eigenvalue weighted by atomic mass is 10.1. The number of amides is 1. The highest BCUT2D eigenvalue weighted by Gasteiger charge is 2.30. The molecule has 0 atom stereocenters. The lowest BCUT2D eigenvalue weighted by molar-refractivity contribution is -0.125. The molecule has 0 aliphatic carbocycles. The Balaban J connectivity index is 2.39. The Labute approximate surface area is 113 Å². The summed E-state index contributed by atoms with van der Waals surface area (Å²) in [6.45, 7) is 5.80. The average Bonchev–Trinajstić information content (AvgIpc) is 2.52. The first-order valence-electron chi connectivity index (χ1n) is 6.20. The third kappa shape index (κ3) is 2.87. The zero-order valence-corrected chi connectivity index (χ0v) is 11.7. The Morgan fingerprint density at radius 3 is 2.42 bits per heavy atom. The maximum absolute atomic E-state index is 12.5. The molecule has 0 aromatic heterocycles. The van der Waals surface area contributed by atoms with Gasteiger partial charge in [-0.1, -0.05) is 29.8 Å². The van der Waals surface area contributed by atoms with E-state index in [1.54, 1.807) is 12.1 Å². The van der Waals surface area contributed by atoms with E-state index in [0.29, 0.717) is 12.8 Å². The molecule has 19 heavy (non-hydrogen) atoms. The van der Waals surface area contributed by atoms with Crippen molar-refractivity contribution in [3.05, 3.63) is 42.0 Å². The number of benzene rings is 1. The second kappa shape index (κ2) is 5.17. The molecule has 2 rings (SSSR count). The van der Waals surface area contributed by atoms with Crippen LogP contribution in [0.4, 0.5) is 0 Å². The molecule has 0 N–H and O–H groups in total. The van der Waals surface area contributed by atoms with Crippen molar-refractivity contribution in [1.29, 1.82) is 0 Å². The van der Waals surface area contributed by atoms with Crippen LogP contribution in [-0.2, 0) is 14.8 Å². The van der Waals surface area contributed by atoms with E-state index in [-0.39, 0.29) is 23.8 Å². The number of sulfonamides is 1. The van der Waals surface area contributed by atoms with Crippen LogP contribution in [0.5, 0.6) is 0 Å². The molecule has 5 heteroatoms. The van der Waals surface area contributed by atoms with Crippen LogP contribution in [-0.4, -0.2) is 25.2 Å². The molecule has 0 unspecified atom stereocenters. The molecule has 1 aromatic rings. The Morgan fingerprint density at radius 1 is 1.16 bits per heavy atom. The topological polar surface area (TPSA) is 54.5 Å². The Bertz CT molecular complexity index is 602. The van der Waals surface area contributed by atoms with Gasteiger partial charge in [0.05, 0.1) is 11.4 Å². The van der Waals surface area contributed by atoms with Gasteiger partial charge in [0.2, 0.25) is 5.91 Å². The van der Waals surface area contributed by atoms with Gasteiger partial charge in [-0.25, -0.2) is 12.7 Å². The minimum atomic E-state index is -3.76. The van der Waals surface area contributed by atoms with Gasteiger partial charge in [-0.05, 0) is 31.9 Å². The molecule has 0 radical (unpaired) electrons. The number of carbonyl (C=O) groups excluding carboxylic acids is 1. The van der Waals surface area contributed by atoms with Gasteiger partial charge in [-0.15, -0.1) is 0 Å². The van der Waals surface area contributed by atoms with E-state index in [4.69, 9.17) is 0 Å². The number of hydrogen-bond donors (Lipinski definition) is 0. The Kier molecular flexibility index (Phi) is 3.75. The molecule has 1 saturated heterocycles. The monoisotopic (exact) mass is 279 g/mol. The summed E-state index contributed by atoms with van der Waals surface area (Å²) in [5.41, 5.74) is 1.76. The van der Waals surface area contributed by atoms with E-state index in [9.17, 15) is 13.2 Å². The predicted molar refractivity (Wildman–Crippen MR) is 73.1 cm³/mol. The lowest BCUT2D eigenvalue weighted by Gasteiger charge is -2.21. The maximum Gasteiger partial charge on any atom is 0.266 e. The minimum Gasteiger partial charge on any atom is -0.274 e. The van der Waals surface area contributed by atoms with Gasteiger partial charge in [0, 0.05) is 6.42 Å². The van der Waals surface area contributed by atoms with E-state index in [0.717, 1.165) is 15.4 Å². The fourth-order valence-corrected chi connectivity index (χ4v) is 3.49. The van der Waals surface area contributed by atoms with Crippen LogP contribution in [0, 0.1) is 6.92 Å². The Hall–Kier alpha value is -1.62. The number of rotatable bonds is 2. The quantitative estimate of drug-likeness (QED) is 0.780. The summed E-state index contributed by atoms with van der Waals surface area (Å²) in [5.74, 6) is -0.348. The number of hydrogen-bond acceptors (Lipinski definition) is 3. The predicted octanol–water partition coefficient (Wildman–Crippen LogP) is 2.25.